The van der Waals surface area contributed by atoms with Crippen molar-refractivity contribution in [3.05, 3.63) is 71.8 Å². The number of nitrogens with two attached hydrogens (primary N) is 1. The average Bonchev–Trinajstić information content (AvgIpc) is 3.81. The Morgan fingerprint density at radius 2 is 1.31 bits per heavy atom. The van der Waals surface area contributed by atoms with E-state index in [0.29, 0.717) is 24.9 Å². The monoisotopic (exact) mass is 979 g/mol. The fourth-order valence-corrected chi connectivity index (χ4v) is 8.32. The molecule has 0 saturated carbocycles. The normalized spacial score (nSPS) is 16.9. The summed E-state index contributed by atoms with van der Waals surface area (Å²) in [5, 5.41) is 32.1. The number of amides is 8. The van der Waals surface area contributed by atoms with Crippen LogP contribution in [0.4, 0.5) is 0 Å². The second-order valence-electron chi connectivity index (χ2n) is 18.8. The summed E-state index contributed by atoms with van der Waals surface area (Å²) in [6.45, 7) is 9.97. The van der Waals surface area contributed by atoms with Gasteiger partial charge in [0.25, 0.3) is 0 Å². The summed E-state index contributed by atoms with van der Waals surface area (Å²) in [6.07, 6.45) is -2.88. The predicted octanol–water partition coefficient (Wildman–Crippen LogP) is 0.348. The van der Waals surface area contributed by atoms with Gasteiger partial charge in [0, 0.05) is 33.5 Å². The van der Waals surface area contributed by atoms with Gasteiger partial charge in [-0.2, -0.15) is 0 Å². The lowest BCUT2D eigenvalue weighted by atomic mass is 9.96. The van der Waals surface area contributed by atoms with E-state index in [1.807, 2.05) is 32.0 Å². The van der Waals surface area contributed by atoms with E-state index in [4.69, 9.17) is 10.5 Å². The quantitative estimate of drug-likeness (QED) is 0.0629. The van der Waals surface area contributed by atoms with E-state index in [1.165, 1.54) is 44.9 Å². The smallest absolute Gasteiger partial charge is 0.328 e. The van der Waals surface area contributed by atoms with Gasteiger partial charge in [0.15, 0.2) is 0 Å². The number of methoxy groups -OCH3 is 1. The Kier molecular flexibility index (Phi) is 22.9. The van der Waals surface area contributed by atoms with Crippen LogP contribution in [-0.4, -0.2) is 160 Å². The van der Waals surface area contributed by atoms with Crippen molar-refractivity contribution in [2.45, 2.75) is 147 Å². The third kappa shape index (κ3) is 17.2. The topological polar surface area (TPSA) is 287 Å². The number of aliphatic hydroxyl groups is 2. The minimum Gasteiger partial charge on any atom is -0.467 e. The third-order valence-electron chi connectivity index (χ3n) is 12.3. The van der Waals surface area contributed by atoms with Crippen molar-refractivity contribution in [3.8, 4) is 0 Å². The van der Waals surface area contributed by atoms with Crippen molar-refractivity contribution in [2.75, 3.05) is 27.7 Å². The molecule has 1 heterocycles. The number of nitrogens with zero attached hydrogens (tertiary/aromatic N) is 3. The molecule has 20 nitrogen and oxygen atoms in total. The number of carbonyl (C=O) groups excluding carboxylic acids is 9. The molecule has 20 heteroatoms. The largest absolute Gasteiger partial charge is 0.467 e. The van der Waals surface area contributed by atoms with Gasteiger partial charge in [-0.25, -0.2) is 4.79 Å². The average molecular weight is 979 g/mol. The van der Waals surface area contributed by atoms with Crippen LogP contribution >= 0.6 is 0 Å². The molecule has 2 aromatic carbocycles. The molecule has 2 aromatic rings. The molecule has 1 aliphatic heterocycles. The fourth-order valence-electron chi connectivity index (χ4n) is 8.32. The number of ether oxygens (including phenoxy) is 1. The van der Waals surface area contributed by atoms with Gasteiger partial charge < -0.3 is 56.7 Å². The van der Waals surface area contributed by atoms with Crippen LogP contribution in [-0.2, 0) is 60.7 Å². The Bertz CT molecular complexity index is 2110. The number of hydrogen-bond acceptors (Lipinski definition) is 12. The number of likely N-dealkylation sites (tertiary alicyclic amines) is 1. The maximum atomic E-state index is 14.2. The van der Waals surface area contributed by atoms with Crippen LogP contribution in [0, 0.1) is 11.8 Å². The number of esters is 1. The van der Waals surface area contributed by atoms with Gasteiger partial charge in [-0.1, -0.05) is 88.4 Å². The third-order valence-corrected chi connectivity index (χ3v) is 12.3. The molecule has 0 aliphatic carbocycles. The molecular weight excluding hydrogens is 905 g/mol. The minimum absolute atomic E-state index is 0.0121. The molecule has 70 heavy (non-hydrogen) atoms. The summed E-state index contributed by atoms with van der Waals surface area (Å²) < 4.78 is 4.95. The molecule has 3 rings (SSSR count). The van der Waals surface area contributed by atoms with Gasteiger partial charge in [-0.05, 0) is 68.9 Å². The lowest BCUT2D eigenvalue weighted by molar-refractivity contribution is -0.154. The van der Waals surface area contributed by atoms with Crippen LogP contribution < -0.4 is 27.0 Å². The summed E-state index contributed by atoms with van der Waals surface area (Å²) in [5.41, 5.74) is 6.88. The number of carbonyl (C=O) groups is 9. The van der Waals surface area contributed by atoms with Crippen LogP contribution in [0.25, 0.3) is 0 Å². The van der Waals surface area contributed by atoms with Gasteiger partial charge in [-0.15, -0.1) is 0 Å². The molecule has 8 N–H and O–H groups in total. The Morgan fingerprint density at radius 1 is 0.743 bits per heavy atom. The highest BCUT2D eigenvalue weighted by molar-refractivity contribution is 5.96. The van der Waals surface area contributed by atoms with Crippen LogP contribution in [0.3, 0.4) is 0 Å². The first-order valence-corrected chi connectivity index (χ1v) is 23.8. The lowest BCUT2D eigenvalue weighted by Crippen LogP contribution is -2.59. The number of rotatable bonds is 26. The predicted molar refractivity (Wildman–Crippen MR) is 259 cm³/mol. The molecule has 8 amide bonds. The highest BCUT2D eigenvalue weighted by Gasteiger charge is 2.41. The molecule has 386 valence electrons. The van der Waals surface area contributed by atoms with Gasteiger partial charge in [0.2, 0.25) is 47.3 Å². The molecule has 1 saturated heterocycles. The summed E-state index contributed by atoms with van der Waals surface area (Å²) in [4.78, 5) is 125. The highest BCUT2D eigenvalue weighted by atomic mass is 16.5. The summed E-state index contributed by atoms with van der Waals surface area (Å²) in [5.74, 6) is -6.73. The number of hydrogen-bond donors (Lipinski definition) is 7. The Balaban J connectivity index is 1.83. The molecule has 1 aliphatic rings. The molecule has 9 atom stereocenters. The van der Waals surface area contributed by atoms with E-state index in [1.54, 1.807) is 56.3 Å². The zero-order valence-electron chi connectivity index (χ0n) is 41.9. The molecule has 0 aromatic heterocycles. The van der Waals surface area contributed by atoms with Gasteiger partial charge in [-0.3, -0.25) is 38.4 Å². The molecule has 6 unspecified atom stereocenters. The van der Waals surface area contributed by atoms with E-state index in [-0.39, 0.29) is 38.0 Å². The standard InChI is InChI=1S/C50H74N8O12/c1-29(2)25-36(45(64)52-31(5)47(66)57(8)39(27-34-19-14-11-15-20-34)48(67)58-24-16-21-38(58)50(69)70-9)53-42(62)28-40(60)35(26-33-17-12-10-13-18-33)54-46(65)37(22-23-41(51)61)56(7)49(68)43(30(3)4)55-44(63)32(6)59/h10-15,17-20,29-32,35-40,43,59-60H,16,21-28H2,1-9H3,(H2,51,61)(H,52,64)(H,53,62)(H,54,65)(H,55,63)/t31-,32?,35-,36?,37?,38?,39?,40?,43-/m0/s1. The highest BCUT2D eigenvalue weighted by Crippen LogP contribution is 2.23. The van der Waals surface area contributed by atoms with Gasteiger partial charge in [0.1, 0.15) is 42.4 Å². The number of aliphatic hydroxyl groups excluding tert-OH is 2. The van der Waals surface area contributed by atoms with Gasteiger partial charge >= 0.3 is 5.97 Å². The van der Waals surface area contributed by atoms with E-state index in [2.05, 4.69) is 21.3 Å². The Hall–Kier alpha value is -6.41. The number of nitrogens with one attached hydrogen (secondary N) is 4. The number of benzene rings is 2. The molecule has 0 spiro atoms. The first-order chi connectivity index (χ1) is 33.0. The first kappa shape index (κ1) is 57.9. The Morgan fingerprint density at radius 3 is 1.84 bits per heavy atom. The zero-order chi connectivity index (χ0) is 52.4. The maximum Gasteiger partial charge on any atom is 0.328 e. The second kappa shape index (κ2) is 27.7. The second-order valence-corrected chi connectivity index (χ2v) is 18.8. The van der Waals surface area contributed by atoms with E-state index in [9.17, 15) is 53.4 Å². The number of primary amides is 1. The molecule has 1 fully saturated rings. The van der Waals surface area contributed by atoms with Crippen molar-refractivity contribution in [1.29, 1.82) is 0 Å². The fraction of sp³-hybridized carbons (Fsp3) is 0.580. The first-order valence-electron chi connectivity index (χ1n) is 23.8. The zero-order valence-corrected chi connectivity index (χ0v) is 41.9. The van der Waals surface area contributed by atoms with Crippen molar-refractivity contribution in [3.63, 3.8) is 0 Å². The summed E-state index contributed by atoms with van der Waals surface area (Å²) >= 11 is 0. The van der Waals surface area contributed by atoms with E-state index >= 15 is 0 Å². The van der Waals surface area contributed by atoms with Gasteiger partial charge in [0.05, 0.1) is 25.7 Å². The van der Waals surface area contributed by atoms with Crippen molar-refractivity contribution >= 4 is 53.2 Å². The molecule has 0 radical (unpaired) electrons. The lowest BCUT2D eigenvalue weighted by Gasteiger charge is -2.34. The van der Waals surface area contributed by atoms with Crippen molar-refractivity contribution in [1.82, 2.24) is 36.0 Å². The summed E-state index contributed by atoms with van der Waals surface area (Å²) in [7, 11) is 4.02. The van der Waals surface area contributed by atoms with E-state index < -0.39 is 120 Å². The van der Waals surface area contributed by atoms with Crippen molar-refractivity contribution in [2.24, 2.45) is 17.6 Å². The van der Waals surface area contributed by atoms with Crippen LogP contribution in [0.5, 0.6) is 0 Å². The van der Waals surface area contributed by atoms with Crippen molar-refractivity contribution < 1.29 is 58.1 Å². The minimum atomic E-state index is -1.57. The van der Waals surface area contributed by atoms with Crippen LogP contribution in [0.15, 0.2) is 60.7 Å². The SMILES string of the molecule is COC(=O)C1CCCN1C(=O)C(Cc1ccccc1)N(C)C(=O)[C@H](C)NC(=O)C(CC(C)C)NC(=O)CC(O)[C@H](Cc1ccccc1)NC(=O)C(CCC(N)=O)N(C)C(=O)[C@@H](NC(=O)C(C)O)C(C)C. The summed E-state index contributed by atoms with van der Waals surface area (Å²) in [6, 6.07) is 9.96. The molecule has 0 bridgehead atoms. The number of likely N-dealkylation sites (N-methyl/N-ethyl adjacent to an activating group) is 2. The van der Waals surface area contributed by atoms with Crippen LogP contribution in [0.2, 0.25) is 0 Å². The molecular formula is C50H74N8O12. The maximum absolute atomic E-state index is 14.2. The van der Waals surface area contributed by atoms with Crippen LogP contribution in [0.1, 0.15) is 91.2 Å². The van der Waals surface area contributed by atoms with E-state index in [0.717, 1.165) is 10.5 Å². The Labute approximate surface area is 410 Å².